The van der Waals surface area contributed by atoms with Gasteiger partial charge in [0.2, 0.25) is 0 Å². The van der Waals surface area contributed by atoms with Crippen LogP contribution in [-0.2, 0) is 10.3 Å². The molecule has 1 N–H and O–H groups in total. The molecule has 6 nitrogen and oxygen atoms in total. The number of unbranched alkanes of at least 4 members (excludes halogenated alkanes) is 1. The Morgan fingerprint density at radius 1 is 1.56 bits per heavy atom. The number of hydrogen-bond donors (Lipinski definition) is 1. The van der Waals surface area contributed by atoms with E-state index in [1.54, 1.807) is 19.1 Å². The van der Waals surface area contributed by atoms with Crippen molar-refractivity contribution < 1.29 is 14.0 Å². The number of carbonyl (C=O) groups is 2. The third-order valence-corrected chi connectivity index (χ3v) is 2.96. The normalized spacial score (nSPS) is 23.0. The molecule has 1 aromatic rings. The lowest BCUT2D eigenvalue weighted by Crippen LogP contribution is -2.40. The predicted molar refractivity (Wildman–Crippen MR) is 61.2 cm³/mol. The van der Waals surface area contributed by atoms with Gasteiger partial charge in [-0.1, -0.05) is 0 Å². The molecule has 6 heteroatoms. The molecule has 0 aliphatic carbocycles. The van der Waals surface area contributed by atoms with Gasteiger partial charge in [0.05, 0.1) is 12.3 Å². The van der Waals surface area contributed by atoms with E-state index in [0.717, 1.165) is 4.90 Å². The highest BCUT2D eigenvalue weighted by molar-refractivity contribution is 6.06. The second kappa shape index (κ2) is 4.53. The van der Waals surface area contributed by atoms with E-state index >= 15 is 0 Å². The highest BCUT2D eigenvalue weighted by Gasteiger charge is 2.50. The van der Waals surface area contributed by atoms with Crippen molar-refractivity contribution in [2.24, 2.45) is 0 Å². The lowest BCUT2D eigenvalue weighted by Gasteiger charge is -2.18. The molecule has 2 heterocycles. The number of furan rings is 1. The van der Waals surface area contributed by atoms with Crippen molar-refractivity contribution in [2.45, 2.75) is 25.3 Å². The van der Waals surface area contributed by atoms with Gasteiger partial charge < -0.3 is 9.73 Å². The quantitative estimate of drug-likeness (QED) is 0.642. The lowest BCUT2D eigenvalue weighted by molar-refractivity contribution is -0.131. The number of rotatable bonds is 4. The first-order chi connectivity index (χ1) is 8.59. The van der Waals surface area contributed by atoms with Crippen LogP contribution in [0.2, 0.25) is 0 Å². The van der Waals surface area contributed by atoms with Gasteiger partial charge in [0.1, 0.15) is 5.76 Å². The van der Waals surface area contributed by atoms with Crippen molar-refractivity contribution in [3.63, 3.8) is 0 Å². The average Bonchev–Trinajstić information content (AvgIpc) is 2.93. The van der Waals surface area contributed by atoms with Gasteiger partial charge in [-0.15, -0.1) is 0 Å². The van der Waals surface area contributed by atoms with Crippen LogP contribution in [0.4, 0.5) is 4.79 Å². The fourth-order valence-electron chi connectivity index (χ4n) is 1.95. The molecular weight excluding hydrogens is 234 g/mol. The zero-order chi connectivity index (χ0) is 13.2. The zero-order valence-corrected chi connectivity index (χ0v) is 9.97. The van der Waals surface area contributed by atoms with E-state index in [2.05, 4.69) is 5.32 Å². The van der Waals surface area contributed by atoms with Crippen LogP contribution in [0.15, 0.2) is 22.8 Å². The molecule has 1 fully saturated rings. The summed E-state index contributed by atoms with van der Waals surface area (Å²) in [7, 11) is 0. The summed E-state index contributed by atoms with van der Waals surface area (Å²) < 4.78 is 5.20. The summed E-state index contributed by atoms with van der Waals surface area (Å²) in [5, 5.41) is 11.1. The zero-order valence-electron chi connectivity index (χ0n) is 9.97. The van der Waals surface area contributed by atoms with Crippen LogP contribution in [0.1, 0.15) is 25.5 Å². The molecule has 1 atom stereocenters. The molecule has 0 spiro atoms. The molecule has 2 rings (SSSR count). The van der Waals surface area contributed by atoms with E-state index in [0.29, 0.717) is 18.6 Å². The summed E-state index contributed by atoms with van der Waals surface area (Å²) in [6.45, 7) is 1.85. The number of hydrogen-bond acceptors (Lipinski definition) is 4. The standard InChI is InChI=1S/C12H13N3O3/c1-12(9-5-4-8-18-9)10(16)15(11(17)14-12)7-3-2-6-13/h4-5,8H,2-3,7H2,1H3,(H,14,17). The Hall–Kier alpha value is -2.29. The molecule has 1 aliphatic heterocycles. The molecule has 0 bridgehead atoms. The van der Waals surface area contributed by atoms with Crippen LogP contribution in [0.25, 0.3) is 0 Å². The molecule has 1 aliphatic rings. The monoisotopic (exact) mass is 247 g/mol. The SMILES string of the molecule is CC1(c2ccco2)NC(=O)N(CCCC#N)C1=O. The van der Waals surface area contributed by atoms with Crippen LogP contribution in [0.5, 0.6) is 0 Å². The number of amides is 3. The van der Waals surface area contributed by atoms with Crippen LogP contribution in [0.3, 0.4) is 0 Å². The summed E-state index contributed by atoms with van der Waals surface area (Å²) in [5.41, 5.74) is -1.15. The second-order valence-corrected chi connectivity index (χ2v) is 4.25. The second-order valence-electron chi connectivity index (χ2n) is 4.25. The van der Waals surface area contributed by atoms with Gasteiger partial charge in [0, 0.05) is 13.0 Å². The molecule has 0 aromatic carbocycles. The molecular formula is C12H13N3O3. The van der Waals surface area contributed by atoms with Crippen LogP contribution < -0.4 is 5.32 Å². The van der Waals surface area contributed by atoms with Crippen LogP contribution in [0, 0.1) is 11.3 Å². The Morgan fingerprint density at radius 2 is 2.33 bits per heavy atom. The van der Waals surface area contributed by atoms with Crippen LogP contribution in [-0.4, -0.2) is 23.4 Å². The number of carbonyl (C=O) groups excluding carboxylic acids is 2. The fraction of sp³-hybridized carbons (Fsp3) is 0.417. The van der Waals surface area contributed by atoms with E-state index in [1.807, 2.05) is 6.07 Å². The van der Waals surface area contributed by atoms with Gasteiger partial charge in [-0.25, -0.2) is 4.79 Å². The Kier molecular flexibility index (Phi) is 3.06. The Labute approximate surface area is 104 Å². The summed E-state index contributed by atoms with van der Waals surface area (Å²) in [4.78, 5) is 25.1. The first-order valence-corrected chi connectivity index (χ1v) is 5.64. The maximum Gasteiger partial charge on any atom is 0.325 e. The molecule has 1 saturated heterocycles. The van der Waals surface area contributed by atoms with Crippen molar-refractivity contribution in [2.75, 3.05) is 6.54 Å². The Bertz CT molecular complexity index is 503. The van der Waals surface area contributed by atoms with Gasteiger partial charge in [-0.05, 0) is 25.5 Å². The van der Waals surface area contributed by atoms with Crippen molar-refractivity contribution in [3.8, 4) is 6.07 Å². The van der Waals surface area contributed by atoms with E-state index in [4.69, 9.17) is 9.68 Å². The van der Waals surface area contributed by atoms with Crippen LogP contribution >= 0.6 is 0 Å². The largest absolute Gasteiger partial charge is 0.466 e. The fourth-order valence-corrected chi connectivity index (χ4v) is 1.95. The Morgan fingerprint density at radius 3 is 2.94 bits per heavy atom. The number of nitrogens with one attached hydrogen (secondary N) is 1. The highest BCUT2D eigenvalue weighted by atomic mass is 16.3. The third-order valence-electron chi connectivity index (χ3n) is 2.96. The smallest absolute Gasteiger partial charge is 0.325 e. The van der Waals surface area contributed by atoms with E-state index in [9.17, 15) is 9.59 Å². The van der Waals surface area contributed by atoms with Gasteiger partial charge in [-0.3, -0.25) is 9.69 Å². The minimum Gasteiger partial charge on any atom is -0.466 e. The van der Waals surface area contributed by atoms with E-state index in [1.165, 1.54) is 6.26 Å². The topological polar surface area (TPSA) is 86.3 Å². The van der Waals surface area contributed by atoms with Crippen molar-refractivity contribution in [1.29, 1.82) is 5.26 Å². The first-order valence-electron chi connectivity index (χ1n) is 5.64. The highest BCUT2D eigenvalue weighted by Crippen LogP contribution is 2.29. The minimum atomic E-state index is -1.15. The summed E-state index contributed by atoms with van der Waals surface area (Å²) in [6, 6.07) is 4.85. The summed E-state index contributed by atoms with van der Waals surface area (Å²) >= 11 is 0. The van der Waals surface area contributed by atoms with Gasteiger partial charge in [0.15, 0.2) is 5.54 Å². The van der Waals surface area contributed by atoms with Gasteiger partial charge >= 0.3 is 6.03 Å². The van der Waals surface area contributed by atoms with Crippen molar-refractivity contribution in [3.05, 3.63) is 24.2 Å². The molecule has 18 heavy (non-hydrogen) atoms. The number of imide groups is 1. The molecule has 0 radical (unpaired) electrons. The van der Waals surface area contributed by atoms with E-state index < -0.39 is 11.6 Å². The van der Waals surface area contributed by atoms with Crippen molar-refractivity contribution >= 4 is 11.9 Å². The molecule has 3 amide bonds. The maximum atomic E-state index is 12.2. The van der Waals surface area contributed by atoms with Crippen molar-refractivity contribution in [1.82, 2.24) is 10.2 Å². The summed E-state index contributed by atoms with van der Waals surface area (Å²) in [5.74, 6) is 0.0593. The first kappa shape index (κ1) is 12.2. The maximum absolute atomic E-state index is 12.2. The average molecular weight is 247 g/mol. The molecule has 1 unspecified atom stereocenters. The lowest BCUT2D eigenvalue weighted by atomic mass is 9.99. The molecule has 1 aromatic heterocycles. The van der Waals surface area contributed by atoms with Gasteiger partial charge in [0.25, 0.3) is 5.91 Å². The van der Waals surface area contributed by atoms with Gasteiger partial charge in [-0.2, -0.15) is 5.26 Å². The Balaban J connectivity index is 2.16. The number of nitriles is 1. The number of urea groups is 1. The molecule has 94 valence electrons. The minimum absolute atomic E-state index is 0.245. The molecule has 0 saturated carbocycles. The van der Waals surface area contributed by atoms with E-state index in [-0.39, 0.29) is 12.5 Å². The number of nitrogens with zero attached hydrogens (tertiary/aromatic N) is 2. The third kappa shape index (κ3) is 1.84. The predicted octanol–water partition coefficient (Wildman–Crippen LogP) is 1.35. The summed E-state index contributed by atoms with van der Waals surface area (Å²) in [6.07, 6.45) is 2.25.